The van der Waals surface area contributed by atoms with Crippen molar-refractivity contribution in [1.82, 2.24) is 4.90 Å². The summed E-state index contributed by atoms with van der Waals surface area (Å²) in [6, 6.07) is 15.5. The topological polar surface area (TPSA) is 58.6 Å². The van der Waals surface area contributed by atoms with Crippen LogP contribution in [0.15, 0.2) is 54.6 Å². The molecule has 1 aliphatic rings. The van der Waals surface area contributed by atoms with Crippen molar-refractivity contribution < 1.29 is 18.7 Å². The number of nitrogens with one attached hydrogen (secondary N) is 1. The molecule has 7 heteroatoms. The van der Waals surface area contributed by atoms with E-state index in [0.717, 1.165) is 26.6 Å². The molecule has 5 nitrogen and oxygen atoms in total. The highest BCUT2D eigenvalue weighted by Crippen LogP contribution is 2.43. The lowest BCUT2D eigenvalue weighted by molar-refractivity contribution is -0.149. The van der Waals surface area contributed by atoms with Crippen molar-refractivity contribution >= 4 is 28.2 Å². The number of anilines is 1. The third kappa shape index (κ3) is 5.63. The van der Waals surface area contributed by atoms with Crippen molar-refractivity contribution in [3.8, 4) is 0 Å². The number of benzene rings is 2. The van der Waals surface area contributed by atoms with Gasteiger partial charge in [0.15, 0.2) is 0 Å². The first-order valence-electron chi connectivity index (χ1n) is 12.0. The number of aryl methyl sites for hydroxylation is 1. The van der Waals surface area contributed by atoms with E-state index in [2.05, 4.69) is 17.1 Å². The quantitative estimate of drug-likeness (QED) is 0.402. The molecule has 1 aliphatic heterocycles. The average molecular weight is 495 g/mol. The Bertz CT molecular complexity index is 1190. The first-order chi connectivity index (χ1) is 16.9. The van der Waals surface area contributed by atoms with Crippen molar-refractivity contribution in [3.05, 3.63) is 87.5 Å². The van der Waals surface area contributed by atoms with Crippen LogP contribution >= 0.6 is 11.3 Å². The van der Waals surface area contributed by atoms with Gasteiger partial charge in [-0.25, -0.2) is 4.39 Å². The molecule has 0 aliphatic carbocycles. The maximum atomic E-state index is 14.4. The zero-order valence-electron chi connectivity index (χ0n) is 20.3. The van der Waals surface area contributed by atoms with Gasteiger partial charge in [0.2, 0.25) is 0 Å². The van der Waals surface area contributed by atoms with Crippen LogP contribution in [0.2, 0.25) is 0 Å². The van der Waals surface area contributed by atoms with Crippen LogP contribution in [0.25, 0.3) is 0 Å². The summed E-state index contributed by atoms with van der Waals surface area (Å²) in [5, 5.41) is 3.89. The molecular weight excluding hydrogens is 463 g/mol. The summed E-state index contributed by atoms with van der Waals surface area (Å²) in [6.07, 6.45) is 1.36. The molecule has 1 atom stereocenters. The number of ether oxygens (including phenoxy) is 1. The number of hydrogen-bond donors (Lipinski definition) is 1. The fourth-order valence-electron chi connectivity index (χ4n) is 4.72. The molecule has 35 heavy (non-hydrogen) atoms. The predicted molar refractivity (Wildman–Crippen MR) is 137 cm³/mol. The van der Waals surface area contributed by atoms with E-state index in [-0.39, 0.29) is 29.7 Å². The van der Waals surface area contributed by atoms with Crippen LogP contribution in [0.4, 0.5) is 9.39 Å². The van der Waals surface area contributed by atoms with Crippen LogP contribution in [-0.2, 0) is 9.53 Å². The number of hydrogen-bond acceptors (Lipinski definition) is 5. The summed E-state index contributed by atoms with van der Waals surface area (Å²) in [5.74, 6) is -0.741. The largest absolute Gasteiger partial charge is 0.466 e. The van der Waals surface area contributed by atoms with E-state index in [1.54, 1.807) is 35.6 Å². The molecular formula is C28H31FN2O3S. The smallest absolute Gasteiger partial charge is 0.309 e. The standard InChI is InChI=1S/C28H31FN2O3S/c1-4-34-28(33)21-13-15-31(16-14-21)25(22-11-8-12-23(29)17-22)24-18(2)19(3)35-27(24)30-26(32)20-9-6-5-7-10-20/h5-12,17,21,25H,4,13-16H2,1-3H3,(H,30,32)/t25-/m1/s1. The minimum absolute atomic E-state index is 0.123. The average Bonchev–Trinajstić information content (AvgIpc) is 3.13. The molecule has 1 amide bonds. The molecule has 3 aromatic rings. The number of likely N-dealkylation sites (tertiary alicyclic amines) is 1. The van der Waals surface area contributed by atoms with Crippen molar-refractivity contribution in [2.24, 2.45) is 5.92 Å². The zero-order valence-corrected chi connectivity index (χ0v) is 21.2. The molecule has 1 fully saturated rings. The van der Waals surface area contributed by atoms with Gasteiger partial charge in [-0.15, -0.1) is 11.3 Å². The summed E-state index contributed by atoms with van der Waals surface area (Å²) >= 11 is 1.54. The molecule has 4 rings (SSSR count). The van der Waals surface area contributed by atoms with Crippen molar-refractivity contribution in [1.29, 1.82) is 0 Å². The van der Waals surface area contributed by atoms with E-state index in [9.17, 15) is 14.0 Å². The van der Waals surface area contributed by atoms with Gasteiger partial charge >= 0.3 is 5.97 Å². The Morgan fingerprint density at radius 1 is 1.11 bits per heavy atom. The second-order valence-electron chi connectivity index (χ2n) is 8.87. The third-order valence-electron chi connectivity index (χ3n) is 6.65. The molecule has 0 unspecified atom stereocenters. The van der Waals surface area contributed by atoms with Gasteiger partial charge in [0.1, 0.15) is 10.8 Å². The van der Waals surface area contributed by atoms with Gasteiger partial charge in [0.05, 0.1) is 18.6 Å². The number of carbonyl (C=O) groups excluding carboxylic acids is 2. The fraction of sp³-hybridized carbons (Fsp3) is 0.357. The summed E-state index contributed by atoms with van der Waals surface area (Å²) in [7, 11) is 0. The molecule has 184 valence electrons. The van der Waals surface area contributed by atoms with E-state index in [1.165, 1.54) is 6.07 Å². The first-order valence-corrected chi connectivity index (χ1v) is 12.8. The van der Waals surface area contributed by atoms with Gasteiger partial charge < -0.3 is 10.1 Å². The Hall–Kier alpha value is -3.03. The van der Waals surface area contributed by atoms with Crippen LogP contribution in [0.1, 0.15) is 57.7 Å². The van der Waals surface area contributed by atoms with E-state index in [1.807, 2.05) is 38.1 Å². The number of esters is 1. The van der Waals surface area contributed by atoms with Crippen LogP contribution in [-0.4, -0.2) is 36.5 Å². The minimum Gasteiger partial charge on any atom is -0.466 e. The summed E-state index contributed by atoms with van der Waals surface area (Å²) < 4.78 is 19.6. The van der Waals surface area contributed by atoms with Gasteiger partial charge in [-0.3, -0.25) is 14.5 Å². The number of amides is 1. The highest BCUT2D eigenvalue weighted by atomic mass is 32.1. The molecule has 0 radical (unpaired) electrons. The fourth-order valence-corrected chi connectivity index (χ4v) is 5.81. The summed E-state index contributed by atoms with van der Waals surface area (Å²) in [5.41, 5.74) is 3.48. The van der Waals surface area contributed by atoms with Gasteiger partial charge in [0, 0.05) is 16.0 Å². The maximum absolute atomic E-state index is 14.4. The number of thiophene rings is 1. The van der Waals surface area contributed by atoms with E-state index >= 15 is 0 Å². The zero-order chi connectivity index (χ0) is 24.9. The molecule has 0 bridgehead atoms. The normalized spacial score (nSPS) is 15.5. The third-order valence-corrected chi connectivity index (χ3v) is 7.79. The van der Waals surface area contributed by atoms with Crippen molar-refractivity contribution in [3.63, 3.8) is 0 Å². The maximum Gasteiger partial charge on any atom is 0.309 e. The lowest BCUT2D eigenvalue weighted by Gasteiger charge is -2.38. The molecule has 1 N–H and O–H groups in total. The second-order valence-corrected chi connectivity index (χ2v) is 10.1. The number of halogens is 1. The SMILES string of the molecule is CCOC(=O)C1CCN([C@H](c2cccc(F)c2)c2c(NC(=O)c3ccccc3)sc(C)c2C)CC1. The van der Waals surface area contributed by atoms with E-state index in [4.69, 9.17) is 4.74 Å². The highest BCUT2D eigenvalue weighted by molar-refractivity contribution is 7.16. The molecule has 2 heterocycles. The Morgan fingerprint density at radius 3 is 2.49 bits per heavy atom. The van der Waals surface area contributed by atoms with Crippen LogP contribution in [0, 0.1) is 25.6 Å². The number of piperidine rings is 1. The Morgan fingerprint density at radius 2 is 1.83 bits per heavy atom. The Labute approximate surface area is 209 Å². The van der Waals surface area contributed by atoms with Crippen molar-refractivity contribution in [2.75, 3.05) is 25.0 Å². The van der Waals surface area contributed by atoms with Gasteiger partial charge in [-0.1, -0.05) is 30.3 Å². The lowest BCUT2D eigenvalue weighted by atomic mass is 9.90. The van der Waals surface area contributed by atoms with E-state index < -0.39 is 0 Å². The monoisotopic (exact) mass is 494 g/mol. The van der Waals surface area contributed by atoms with Crippen LogP contribution in [0.5, 0.6) is 0 Å². The second kappa shape index (κ2) is 11.1. The molecule has 2 aromatic carbocycles. The molecule has 1 aromatic heterocycles. The van der Waals surface area contributed by atoms with E-state index in [0.29, 0.717) is 38.1 Å². The molecule has 0 spiro atoms. The van der Waals surface area contributed by atoms with Crippen molar-refractivity contribution in [2.45, 2.75) is 39.7 Å². The first kappa shape index (κ1) is 25.1. The number of rotatable bonds is 7. The molecule has 0 saturated carbocycles. The van der Waals surface area contributed by atoms with Gasteiger partial charge in [-0.2, -0.15) is 0 Å². The van der Waals surface area contributed by atoms with Gasteiger partial charge in [-0.05, 0) is 82.1 Å². The minimum atomic E-state index is -0.298. The highest BCUT2D eigenvalue weighted by Gasteiger charge is 2.34. The molecule has 1 saturated heterocycles. The van der Waals surface area contributed by atoms with Gasteiger partial charge in [0.25, 0.3) is 5.91 Å². The lowest BCUT2D eigenvalue weighted by Crippen LogP contribution is -2.40. The Balaban J connectivity index is 1.69. The Kier molecular flexibility index (Phi) is 7.98. The number of nitrogens with zero attached hydrogens (tertiary/aromatic N) is 1. The summed E-state index contributed by atoms with van der Waals surface area (Å²) in [6.45, 7) is 7.63. The summed E-state index contributed by atoms with van der Waals surface area (Å²) in [4.78, 5) is 28.7. The van der Waals surface area contributed by atoms with Crippen LogP contribution < -0.4 is 5.32 Å². The predicted octanol–water partition coefficient (Wildman–Crippen LogP) is 6.12. The van der Waals surface area contributed by atoms with Crippen LogP contribution in [0.3, 0.4) is 0 Å². The number of carbonyl (C=O) groups is 2.